The Kier molecular flexibility index (Phi) is 6.60. The smallest absolute Gasteiger partial charge is 0.238 e. The first kappa shape index (κ1) is 18.7. The molecule has 0 heterocycles. The molecule has 0 aliphatic heterocycles. The lowest BCUT2D eigenvalue weighted by Gasteiger charge is -2.18. The predicted octanol–water partition coefficient (Wildman–Crippen LogP) is 4.32. The van der Waals surface area contributed by atoms with Crippen LogP contribution in [-0.4, -0.2) is 31.5 Å². The molecule has 128 valence electrons. The Labute approximate surface area is 153 Å². The Morgan fingerprint density at radius 3 is 2.79 bits per heavy atom. The second-order valence-corrected chi connectivity index (χ2v) is 6.65. The van der Waals surface area contributed by atoms with Gasteiger partial charge < -0.3 is 10.1 Å². The standard InChI is InChI=1S/C17H17BrClFN2O2/c1-22(9-11-7-12(18)3-6-16(11)24-2)10-17(23)21-15-8-13(19)4-5-14(15)20/h3-8H,9-10H2,1-2H3,(H,21,23). The number of hydrogen-bond donors (Lipinski definition) is 1. The monoisotopic (exact) mass is 414 g/mol. The van der Waals surface area contributed by atoms with Gasteiger partial charge in [-0.1, -0.05) is 27.5 Å². The number of likely N-dealkylation sites (N-methyl/N-ethyl adjacent to an activating group) is 1. The molecule has 0 radical (unpaired) electrons. The van der Waals surface area contributed by atoms with E-state index in [2.05, 4.69) is 21.2 Å². The van der Waals surface area contributed by atoms with Crippen LogP contribution in [0.1, 0.15) is 5.56 Å². The molecule has 24 heavy (non-hydrogen) atoms. The number of halogens is 3. The molecule has 0 aliphatic carbocycles. The molecule has 0 atom stereocenters. The third-order valence-corrected chi connectivity index (χ3v) is 4.03. The Balaban J connectivity index is 1.99. The van der Waals surface area contributed by atoms with Gasteiger partial charge in [-0.25, -0.2) is 4.39 Å². The highest BCUT2D eigenvalue weighted by Gasteiger charge is 2.12. The fourth-order valence-corrected chi connectivity index (χ4v) is 2.83. The van der Waals surface area contributed by atoms with E-state index in [4.69, 9.17) is 16.3 Å². The number of ether oxygens (including phenoxy) is 1. The molecule has 2 rings (SSSR count). The topological polar surface area (TPSA) is 41.6 Å². The van der Waals surface area contributed by atoms with Gasteiger partial charge in [-0.2, -0.15) is 0 Å². The van der Waals surface area contributed by atoms with Crippen molar-refractivity contribution in [3.05, 3.63) is 57.3 Å². The summed E-state index contributed by atoms with van der Waals surface area (Å²) in [6, 6.07) is 9.70. The molecule has 1 N–H and O–H groups in total. The maximum Gasteiger partial charge on any atom is 0.238 e. The summed E-state index contributed by atoms with van der Waals surface area (Å²) in [4.78, 5) is 13.9. The molecule has 0 unspecified atom stereocenters. The van der Waals surface area contributed by atoms with E-state index in [-0.39, 0.29) is 18.1 Å². The van der Waals surface area contributed by atoms with Gasteiger partial charge in [0.1, 0.15) is 11.6 Å². The fourth-order valence-electron chi connectivity index (χ4n) is 2.25. The van der Waals surface area contributed by atoms with Gasteiger partial charge in [0, 0.05) is 21.6 Å². The van der Waals surface area contributed by atoms with Gasteiger partial charge in [-0.05, 0) is 43.4 Å². The van der Waals surface area contributed by atoms with Crippen molar-refractivity contribution in [3.63, 3.8) is 0 Å². The van der Waals surface area contributed by atoms with Gasteiger partial charge >= 0.3 is 0 Å². The molecular weight excluding hydrogens is 399 g/mol. The minimum atomic E-state index is -0.524. The highest BCUT2D eigenvalue weighted by molar-refractivity contribution is 9.10. The van der Waals surface area contributed by atoms with Crippen molar-refractivity contribution >= 4 is 39.1 Å². The average molecular weight is 416 g/mol. The quantitative estimate of drug-likeness (QED) is 0.764. The molecule has 0 bridgehead atoms. The number of nitrogens with zero attached hydrogens (tertiary/aromatic N) is 1. The summed E-state index contributed by atoms with van der Waals surface area (Å²) in [6.45, 7) is 0.607. The van der Waals surface area contributed by atoms with Crippen LogP contribution in [0.25, 0.3) is 0 Å². The normalized spacial score (nSPS) is 10.8. The van der Waals surface area contributed by atoms with Crippen molar-refractivity contribution < 1.29 is 13.9 Å². The zero-order valence-electron chi connectivity index (χ0n) is 13.3. The predicted molar refractivity (Wildman–Crippen MR) is 97.1 cm³/mol. The molecule has 0 aliphatic rings. The molecule has 2 aromatic rings. The lowest BCUT2D eigenvalue weighted by molar-refractivity contribution is -0.117. The van der Waals surface area contributed by atoms with Gasteiger partial charge in [0.2, 0.25) is 5.91 Å². The van der Waals surface area contributed by atoms with Crippen LogP contribution in [-0.2, 0) is 11.3 Å². The van der Waals surface area contributed by atoms with Gasteiger partial charge in [0.15, 0.2) is 0 Å². The van der Waals surface area contributed by atoms with Crippen molar-refractivity contribution in [1.29, 1.82) is 0 Å². The molecule has 4 nitrogen and oxygen atoms in total. The first-order chi connectivity index (χ1) is 11.4. The third-order valence-electron chi connectivity index (χ3n) is 3.30. The Morgan fingerprint density at radius 1 is 1.33 bits per heavy atom. The van der Waals surface area contributed by atoms with E-state index in [9.17, 15) is 9.18 Å². The number of methoxy groups -OCH3 is 1. The van der Waals surface area contributed by atoms with Crippen LogP contribution < -0.4 is 10.1 Å². The second-order valence-electron chi connectivity index (χ2n) is 5.30. The first-order valence-corrected chi connectivity index (χ1v) is 8.32. The Morgan fingerprint density at radius 2 is 2.08 bits per heavy atom. The largest absolute Gasteiger partial charge is 0.496 e. The van der Waals surface area contributed by atoms with Crippen molar-refractivity contribution in [2.24, 2.45) is 0 Å². The van der Waals surface area contributed by atoms with E-state index in [1.54, 1.807) is 14.2 Å². The van der Waals surface area contributed by atoms with Crippen LogP contribution in [0.5, 0.6) is 5.75 Å². The fraction of sp³-hybridized carbons (Fsp3) is 0.235. The average Bonchev–Trinajstić information content (AvgIpc) is 2.51. The number of benzene rings is 2. The first-order valence-electron chi connectivity index (χ1n) is 7.15. The SMILES string of the molecule is COc1ccc(Br)cc1CN(C)CC(=O)Nc1cc(Cl)ccc1F. The number of anilines is 1. The summed E-state index contributed by atoms with van der Waals surface area (Å²) in [5.74, 6) is -0.108. The number of carbonyl (C=O) groups excluding carboxylic acids is 1. The number of hydrogen-bond acceptors (Lipinski definition) is 3. The Bertz CT molecular complexity index is 743. The summed E-state index contributed by atoms with van der Waals surface area (Å²) in [5.41, 5.74) is 1.01. The maximum absolute atomic E-state index is 13.6. The van der Waals surface area contributed by atoms with Gasteiger partial charge in [-0.15, -0.1) is 0 Å². The van der Waals surface area contributed by atoms with E-state index in [1.165, 1.54) is 18.2 Å². The van der Waals surface area contributed by atoms with E-state index in [0.717, 1.165) is 15.8 Å². The van der Waals surface area contributed by atoms with E-state index in [1.807, 2.05) is 23.1 Å². The summed E-state index contributed by atoms with van der Waals surface area (Å²) in [7, 11) is 3.40. The van der Waals surface area contributed by atoms with Crippen molar-refractivity contribution in [2.45, 2.75) is 6.54 Å². The molecule has 2 aromatic carbocycles. The minimum Gasteiger partial charge on any atom is -0.496 e. The molecule has 1 amide bonds. The summed E-state index contributed by atoms with van der Waals surface area (Å²) >= 11 is 9.23. The van der Waals surface area contributed by atoms with Crippen LogP contribution in [0, 0.1) is 5.82 Å². The van der Waals surface area contributed by atoms with Crippen LogP contribution in [0.4, 0.5) is 10.1 Å². The van der Waals surface area contributed by atoms with Gasteiger partial charge in [0.25, 0.3) is 0 Å². The van der Waals surface area contributed by atoms with Crippen LogP contribution in [0.15, 0.2) is 40.9 Å². The second kappa shape index (κ2) is 8.46. The number of rotatable bonds is 6. The summed E-state index contributed by atoms with van der Waals surface area (Å²) in [6.07, 6.45) is 0. The van der Waals surface area contributed by atoms with Crippen molar-refractivity contribution in [2.75, 3.05) is 26.0 Å². The lowest BCUT2D eigenvalue weighted by atomic mass is 10.2. The molecule has 0 aromatic heterocycles. The Hall–Kier alpha value is -1.63. The molecule has 0 saturated carbocycles. The molecule has 0 fully saturated rings. The lowest BCUT2D eigenvalue weighted by Crippen LogP contribution is -2.30. The van der Waals surface area contributed by atoms with Crippen LogP contribution in [0.3, 0.4) is 0 Å². The van der Waals surface area contributed by atoms with Crippen LogP contribution >= 0.6 is 27.5 Å². The van der Waals surface area contributed by atoms with E-state index < -0.39 is 5.82 Å². The minimum absolute atomic E-state index is 0.0703. The summed E-state index contributed by atoms with van der Waals surface area (Å²) in [5, 5.41) is 2.89. The van der Waals surface area contributed by atoms with Gasteiger partial charge in [-0.3, -0.25) is 9.69 Å². The zero-order chi connectivity index (χ0) is 17.7. The van der Waals surface area contributed by atoms with E-state index >= 15 is 0 Å². The van der Waals surface area contributed by atoms with Crippen LogP contribution in [0.2, 0.25) is 5.02 Å². The van der Waals surface area contributed by atoms with Gasteiger partial charge in [0.05, 0.1) is 19.3 Å². The third kappa shape index (κ3) is 5.19. The number of nitrogens with one attached hydrogen (secondary N) is 1. The maximum atomic E-state index is 13.6. The van der Waals surface area contributed by atoms with Crippen molar-refractivity contribution in [1.82, 2.24) is 4.90 Å². The molecule has 0 spiro atoms. The number of carbonyl (C=O) groups is 1. The highest BCUT2D eigenvalue weighted by atomic mass is 79.9. The number of amides is 1. The highest BCUT2D eigenvalue weighted by Crippen LogP contribution is 2.24. The van der Waals surface area contributed by atoms with E-state index in [0.29, 0.717) is 11.6 Å². The zero-order valence-corrected chi connectivity index (χ0v) is 15.6. The molecular formula is C17H17BrClFN2O2. The molecule has 7 heteroatoms. The summed E-state index contributed by atoms with van der Waals surface area (Å²) < 4.78 is 19.9. The molecule has 0 saturated heterocycles. The van der Waals surface area contributed by atoms with Crippen molar-refractivity contribution in [3.8, 4) is 5.75 Å².